The zero-order valence-corrected chi connectivity index (χ0v) is 11.0. The molecule has 0 radical (unpaired) electrons. The Labute approximate surface area is 105 Å². The van der Waals surface area contributed by atoms with Crippen molar-refractivity contribution in [2.45, 2.75) is 70.4 Å². The highest BCUT2D eigenvalue weighted by atomic mass is 16.2. The predicted octanol–water partition coefficient (Wildman–Crippen LogP) is 2.29. The van der Waals surface area contributed by atoms with Gasteiger partial charge in [0.25, 0.3) is 0 Å². The van der Waals surface area contributed by atoms with Gasteiger partial charge in [-0.05, 0) is 38.5 Å². The quantitative estimate of drug-likeness (QED) is 0.817. The third kappa shape index (κ3) is 3.21. The minimum Gasteiger partial charge on any atom is -0.338 e. The fourth-order valence-electron chi connectivity index (χ4n) is 3.07. The third-order valence-corrected chi connectivity index (χ3v) is 4.47. The molecule has 1 amide bonds. The lowest BCUT2D eigenvalue weighted by molar-refractivity contribution is -0.135. The number of hydrogen-bond acceptors (Lipinski definition) is 2. The molecule has 17 heavy (non-hydrogen) atoms. The Morgan fingerprint density at radius 2 is 2.06 bits per heavy atom. The van der Waals surface area contributed by atoms with Crippen LogP contribution in [0.3, 0.4) is 0 Å². The first-order chi connectivity index (χ1) is 8.18. The van der Waals surface area contributed by atoms with Crippen molar-refractivity contribution in [2.24, 2.45) is 11.7 Å². The molecule has 1 aliphatic heterocycles. The summed E-state index contributed by atoms with van der Waals surface area (Å²) in [5, 5.41) is 0. The molecule has 2 aliphatic rings. The Balaban J connectivity index is 1.82. The van der Waals surface area contributed by atoms with Crippen molar-refractivity contribution in [1.82, 2.24) is 4.90 Å². The van der Waals surface area contributed by atoms with Crippen molar-refractivity contribution in [3.8, 4) is 0 Å². The van der Waals surface area contributed by atoms with E-state index >= 15 is 0 Å². The molecule has 1 heterocycles. The molecule has 3 nitrogen and oxygen atoms in total. The van der Waals surface area contributed by atoms with Crippen molar-refractivity contribution in [3.05, 3.63) is 0 Å². The molecule has 2 rings (SSSR count). The predicted molar refractivity (Wildman–Crippen MR) is 69.6 cm³/mol. The van der Waals surface area contributed by atoms with Gasteiger partial charge in [-0.1, -0.05) is 19.3 Å². The molecule has 0 aromatic rings. The van der Waals surface area contributed by atoms with Crippen LogP contribution in [0, 0.1) is 5.92 Å². The van der Waals surface area contributed by atoms with Gasteiger partial charge in [0.15, 0.2) is 0 Å². The second-order valence-corrected chi connectivity index (χ2v) is 5.84. The molecule has 0 aromatic carbocycles. The van der Waals surface area contributed by atoms with Gasteiger partial charge in [-0.25, -0.2) is 0 Å². The van der Waals surface area contributed by atoms with Crippen LogP contribution in [0.4, 0.5) is 0 Å². The summed E-state index contributed by atoms with van der Waals surface area (Å²) in [7, 11) is 0. The first-order valence-electron chi connectivity index (χ1n) is 7.23. The van der Waals surface area contributed by atoms with E-state index in [0.29, 0.717) is 5.91 Å². The lowest BCUT2D eigenvalue weighted by atomic mass is 9.82. The highest BCUT2D eigenvalue weighted by molar-refractivity contribution is 5.76. The summed E-state index contributed by atoms with van der Waals surface area (Å²) in [6.07, 6.45) is 9.34. The Morgan fingerprint density at radius 1 is 1.29 bits per heavy atom. The fourth-order valence-corrected chi connectivity index (χ4v) is 3.07. The topological polar surface area (TPSA) is 46.3 Å². The monoisotopic (exact) mass is 238 g/mol. The summed E-state index contributed by atoms with van der Waals surface area (Å²) in [6, 6.07) is 0.403. The van der Waals surface area contributed by atoms with Crippen LogP contribution in [0.25, 0.3) is 0 Å². The van der Waals surface area contributed by atoms with Gasteiger partial charge in [0.2, 0.25) is 5.91 Å². The van der Waals surface area contributed by atoms with Crippen LogP contribution in [-0.2, 0) is 4.79 Å². The number of carbonyl (C=O) groups excluding carboxylic acids is 1. The van der Waals surface area contributed by atoms with Gasteiger partial charge in [0.05, 0.1) is 0 Å². The van der Waals surface area contributed by atoms with E-state index in [2.05, 4.69) is 4.90 Å². The normalized spacial score (nSPS) is 27.6. The number of likely N-dealkylation sites (tertiary alicyclic amines) is 1. The summed E-state index contributed by atoms with van der Waals surface area (Å²) in [6.45, 7) is 2.96. The van der Waals surface area contributed by atoms with E-state index in [1.54, 1.807) is 0 Å². The van der Waals surface area contributed by atoms with E-state index in [1.807, 2.05) is 6.92 Å². The molecule has 1 aliphatic carbocycles. The Bertz CT molecular complexity index is 261. The molecule has 3 heteroatoms. The van der Waals surface area contributed by atoms with Crippen molar-refractivity contribution in [1.29, 1.82) is 0 Å². The summed E-state index contributed by atoms with van der Waals surface area (Å²) >= 11 is 0. The minimum atomic E-state index is 0.114. The summed E-state index contributed by atoms with van der Waals surface area (Å²) in [5.41, 5.74) is 5.99. The van der Waals surface area contributed by atoms with E-state index in [9.17, 15) is 4.79 Å². The van der Waals surface area contributed by atoms with Crippen molar-refractivity contribution < 1.29 is 4.79 Å². The standard InChI is InChI=1S/C14H26N2O/c1-11(15)13-7-2-3-10-16(13)14(17)9-8-12-5-4-6-12/h11-13H,2-10,15H2,1H3. The number of piperidine rings is 1. The van der Waals surface area contributed by atoms with Crippen LogP contribution < -0.4 is 5.73 Å². The van der Waals surface area contributed by atoms with Gasteiger partial charge >= 0.3 is 0 Å². The summed E-state index contributed by atoms with van der Waals surface area (Å²) in [4.78, 5) is 14.3. The van der Waals surface area contributed by atoms with Gasteiger partial charge < -0.3 is 10.6 Å². The fraction of sp³-hybridized carbons (Fsp3) is 0.929. The molecule has 2 fully saturated rings. The second-order valence-electron chi connectivity index (χ2n) is 5.84. The highest BCUT2D eigenvalue weighted by Crippen LogP contribution is 2.31. The van der Waals surface area contributed by atoms with Crippen LogP contribution in [0.1, 0.15) is 58.3 Å². The maximum atomic E-state index is 12.2. The van der Waals surface area contributed by atoms with E-state index in [-0.39, 0.29) is 12.1 Å². The molecular weight excluding hydrogens is 212 g/mol. The van der Waals surface area contributed by atoms with Gasteiger partial charge in [-0.15, -0.1) is 0 Å². The highest BCUT2D eigenvalue weighted by Gasteiger charge is 2.29. The Morgan fingerprint density at radius 3 is 2.65 bits per heavy atom. The SMILES string of the molecule is CC(N)C1CCCCN1C(=O)CCC1CCC1. The molecule has 98 valence electrons. The second kappa shape index (κ2) is 5.85. The maximum absolute atomic E-state index is 12.2. The molecule has 1 saturated carbocycles. The van der Waals surface area contributed by atoms with Crippen LogP contribution in [-0.4, -0.2) is 29.4 Å². The number of carbonyl (C=O) groups is 1. The molecule has 2 N–H and O–H groups in total. The van der Waals surface area contributed by atoms with Crippen LogP contribution in [0.2, 0.25) is 0 Å². The van der Waals surface area contributed by atoms with Crippen LogP contribution in [0.15, 0.2) is 0 Å². The molecule has 1 saturated heterocycles. The first-order valence-corrected chi connectivity index (χ1v) is 7.23. The van der Waals surface area contributed by atoms with E-state index in [4.69, 9.17) is 5.73 Å². The number of rotatable bonds is 4. The minimum absolute atomic E-state index is 0.114. The van der Waals surface area contributed by atoms with Gasteiger partial charge in [-0.2, -0.15) is 0 Å². The average molecular weight is 238 g/mol. The smallest absolute Gasteiger partial charge is 0.222 e. The van der Waals surface area contributed by atoms with E-state index in [0.717, 1.165) is 38.1 Å². The number of hydrogen-bond donors (Lipinski definition) is 1. The van der Waals surface area contributed by atoms with E-state index < -0.39 is 0 Å². The van der Waals surface area contributed by atoms with E-state index in [1.165, 1.54) is 25.7 Å². The van der Waals surface area contributed by atoms with Crippen molar-refractivity contribution in [3.63, 3.8) is 0 Å². The molecule has 0 bridgehead atoms. The van der Waals surface area contributed by atoms with Gasteiger partial charge in [0.1, 0.15) is 0 Å². The van der Waals surface area contributed by atoms with Crippen molar-refractivity contribution >= 4 is 5.91 Å². The average Bonchev–Trinajstić information content (AvgIpc) is 2.26. The lowest BCUT2D eigenvalue weighted by Gasteiger charge is -2.38. The number of amides is 1. The maximum Gasteiger partial charge on any atom is 0.222 e. The largest absolute Gasteiger partial charge is 0.338 e. The lowest BCUT2D eigenvalue weighted by Crippen LogP contribution is -2.51. The molecule has 0 aromatic heterocycles. The third-order valence-electron chi connectivity index (χ3n) is 4.47. The Kier molecular flexibility index (Phi) is 4.43. The molecule has 2 unspecified atom stereocenters. The van der Waals surface area contributed by atoms with Gasteiger partial charge in [-0.3, -0.25) is 4.79 Å². The summed E-state index contributed by atoms with van der Waals surface area (Å²) in [5.74, 6) is 1.18. The zero-order chi connectivity index (χ0) is 12.3. The molecule has 2 atom stereocenters. The molecule has 0 spiro atoms. The number of nitrogens with zero attached hydrogens (tertiary/aromatic N) is 1. The van der Waals surface area contributed by atoms with Crippen LogP contribution in [0.5, 0.6) is 0 Å². The van der Waals surface area contributed by atoms with Crippen molar-refractivity contribution in [2.75, 3.05) is 6.54 Å². The van der Waals surface area contributed by atoms with Gasteiger partial charge in [0, 0.05) is 25.0 Å². The number of nitrogens with two attached hydrogens (primary N) is 1. The first kappa shape index (κ1) is 12.9. The summed E-state index contributed by atoms with van der Waals surface area (Å²) < 4.78 is 0. The molecular formula is C14H26N2O. The Hall–Kier alpha value is -0.570. The van der Waals surface area contributed by atoms with Crippen LogP contribution >= 0.6 is 0 Å². The zero-order valence-electron chi connectivity index (χ0n) is 11.0.